The maximum Gasteiger partial charge on any atom is 0.188 e. The summed E-state index contributed by atoms with van der Waals surface area (Å²) in [5.41, 5.74) is 5.98. The van der Waals surface area contributed by atoms with Crippen LogP contribution in [-0.4, -0.2) is 67.6 Å². The fourth-order valence-corrected chi connectivity index (χ4v) is 2.84. The van der Waals surface area contributed by atoms with Crippen LogP contribution in [0.2, 0.25) is 0 Å². The first-order chi connectivity index (χ1) is 10.5. The average molecular weight is 312 g/mol. The van der Waals surface area contributed by atoms with Gasteiger partial charge >= 0.3 is 0 Å². The molecule has 1 atom stereocenters. The highest BCUT2D eigenvalue weighted by atomic mass is 15.3. The molecule has 0 aromatic rings. The molecule has 0 bridgehead atoms. The van der Waals surface area contributed by atoms with Gasteiger partial charge in [-0.3, -0.25) is 9.89 Å². The van der Waals surface area contributed by atoms with Gasteiger partial charge in [0, 0.05) is 38.8 Å². The van der Waals surface area contributed by atoms with Gasteiger partial charge in [0.15, 0.2) is 5.96 Å². The summed E-state index contributed by atoms with van der Waals surface area (Å²) in [6.07, 6.45) is 3.70. The Bertz CT molecular complexity index is 308. The number of nitrogens with two attached hydrogens (primary N) is 1. The van der Waals surface area contributed by atoms with E-state index in [1.165, 1.54) is 25.9 Å². The van der Waals surface area contributed by atoms with Crippen LogP contribution in [0.15, 0.2) is 4.99 Å². The second-order valence-corrected chi connectivity index (χ2v) is 6.91. The molecule has 5 nitrogen and oxygen atoms in total. The Balaban J connectivity index is 2.12. The number of nitrogens with one attached hydrogen (secondary N) is 1. The van der Waals surface area contributed by atoms with Crippen molar-refractivity contribution in [2.24, 2.45) is 16.6 Å². The molecule has 1 saturated heterocycles. The van der Waals surface area contributed by atoms with E-state index in [9.17, 15) is 0 Å². The molecule has 130 valence electrons. The fraction of sp³-hybridized carbons (Fsp3) is 0.941. The molecule has 0 spiro atoms. The molecular formula is C17H37N5. The summed E-state index contributed by atoms with van der Waals surface area (Å²) in [6.45, 7) is 16.6. The van der Waals surface area contributed by atoms with Gasteiger partial charge in [-0.25, -0.2) is 0 Å². The number of likely N-dealkylation sites (N-methyl/N-ethyl adjacent to an activating group) is 1. The van der Waals surface area contributed by atoms with Gasteiger partial charge in [-0.2, -0.15) is 0 Å². The molecule has 22 heavy (non-hydrogen) atoms. The zero-order valence-corrected chi connectivity index (χ0v) is 15.1. The van der Waals surface area contributed by atoms with Crippen molar-refractivity contribution in [3.8, 4) is 0 Å². The molecule has 0 amide bonds. The molecule has 0 radical (unpaired) electrons. The molecule has 3 N–H and O–H groups in total. The molecule has 0 aliphatic carbocycles. The number of piperazine rings is 1. The van der Waals surface area contributed by atoms with Crippen molar-refractivity contribution in [1.82, 2.24) is 15.1 Å². The van der Waals surface area contributed by atoms with Crippen molar-refractivity contribution in [3.05, 3.63) is 0 Å². The molecule has 5 heteroatoms. The van der Waals surface area contributed by atoms with Crippen LogP contribution in [0.4, 0.5) is 0 Å². The van der Waals surface area contributed by atoms with Gasteiger partial charge < -0.3 is 16.0 Å². The van der Waals surface area contributed by atoms with Crippen LogP contribution in [0.1, 0.15) is 47.0 Å². The third-order valence-corrected chi connectivity index (χ3v) is 4.42. The number of guanidine groups is 1. The van der Waals surface area contributed by atoms with Gasteiger partial charge in [0.25, 0.3) is 0 Å². The number of rotatable bonds is 9. The first-order valence-corrected chi connectivity index (χ1v) is 9.02. The van der Waals surface area contributed by atoms with Crippen LogP contribution in [-0.2, 0) is 0 Å². The molecule has 1 aliphatic heterocycles. The van der Waals surface area contributed by atoms with Gasteiger partial charge in [-0.15, -0.1) is 0 Å². The average Bonchev–Trinajstić information content (AvgIpc) is 2.47. The Morgan fingerprint density at radius 2 is 1.73 bits per heavy atom. The van der Waals surface area contributed by atoms with Crippen LogP contribution in [0.5, 0.6) is 0 Å². The van der Waals surface area contributed by atoms with Gasteiger partial charge in [-0.05, 0) is 25.8 Å². The van der Waals surface area contributed by atoms with Crippen molar-refractivity contribution in [3.63, 3.8) is 0 Å². The molecule has 0 aromatic carbocycles. The topological polar surface area (TPSA) is 56.9 Å². The molecular weight excluding hydrogens is 274 g/mol. The van der Waals surface area contributed by atoms with E-state index in [1.54, 1.807) is 0 Å². The summed E-state index contributed by atoms with van der Waals surface area (Å²) in [5.74, 6) is 1.38. The van der Waals surface area contributed by atoms with Crippen LogP contribution >= 0.6 is 0 Å². The van der Waals surface area contributed by atoms with Gasteiger partial charge in [-0.1, -0.05) is 33.6 Å². The maximum absolute atomic E-state index is 5.98. The minimum absolute atomic E-state index is 0.413. The molecule has 1 heterocycles. The molecule has 0 aromatic heterocycles. The molecule has 1 unspecified atom stereocenters. The summed E-state index contributed by atoms with van der Waals surface area (Å²) < 4.78 is 0. The lowest BCUT2D eigenvalue weighted by molar-refractivity contribution is 0.140. The summed E-state index contributed by atoms with van der Waals surface area (Å²) in [7, 11) is 0. The minimum atomic E-state index is 0.413. The van der Waals surface area contributed by atoms with E-state index < -0.39 is 0 Å². The lowest BCUT2D eigenvalue weighted by atomic mass is 10.0. The second kappa shape index (κ2) is 10.8. The second-order valence-electron chi connectivity index (χ2n) is 6.91. The lowest BCUT2D eigenvalue weighted by Crippen LogP contribution is -2.47. The highest BCUT2D eigenvalue weighted by Gasteiger charge is 2.14. The largest absolute Gasteiger partial charge is 0.370 e. The zero-order chi connectivity index (χ0) is 16.4. The highest BCUT2D eigenvalue weighted by molar-refractivity contribution is 5.78. The van der Waals surface area contributed by atoms with Crippen molar-refractivity contribution in [2.75, 3.05) is 45.8 Å². The van der Waals surface area contributed by atoms with Crippen molar-refractivity contribution < 1.29 is 0 Å². The van der Waals surface area contributed by atoms with Gasteiger partial charge in [0.1, 0.15) is 0 Å². The lowest BCUT2D eigenvalue weighted by Gasteiger charge is -2.33. The quantitative estimate of drug-likeness (QED) is 0.503. The first-order valence-electron chi connectivity index (χ1n) is 9.02. The Labute approximate surface area is 137 Å². The molecule has 0 saturated carbocycles. The van der Waals surface area contributed by atoms with Crippen molar-refractivity contribution in [1.29, 1.82) is 0 Å². The fourth-order valence-electron chi connectivity index (χ4n) is 2.84. The third-order valence-electron chi connectivity index (χ3n) is 4.42. The van der Waals surface area contributed by atoms with Gasteiger partial charge in [0.2, 0.25) is 0 Å². The third kappa shape index (κ3) is 8.59. The Morgan fingerprint density at radius 1 is 1.09 bits per heavy atom. The number of hydrogen-bond acceptors (Lipinski definition) is 3. The van der Waals surface area contributed by atoms with Gasteiger partial charge in [0.05, 0.1) is 6.54 Å². The predicted molar refractivity (Wildman–Crippen MR) is 96.3 cm³/mol. The van der Waals surface area contributed by atoms with Crippen LogP contribution in [0.25, 0.3) is 0 Å². The zero-order valence-electron chi connectivity index (χ0n) is 15.1. The summed E-state index contributed by atoms with van der Waals surface area (Å²) in [6, 6.07) is 0.413. The molecule has 1 fully saturated rings. The van der Waals surface area contributed by atoms with Crippen molar-refractivity contribution in [2.45, 2.75) is 53.0 Å². The normalized spacial score (nSPS) is 19.6. The monoisotopic (exact) mass is 311 g/mol. The van der Waals surface area contributed by atoms with E-state index in [0.29, 0.717) is 12.0 Å². The first kappa shape index (κ1) is 19.2. The summed E-state index contributed by atoms with van der Waals surface area (Å²) >= 11 is 0. The number of hydrogen-bond donors (Lipinski definition) is 2. The van der Waals surface area contributed by atoms with E-state index in [0.717, 1.165) is 45.1 Å². The Kier molecular flexibility index (Phi) is 9.48. The van der Waals surface area contributed by atoms with E-state index in [1.807, 2.05) is 0 Å². The summed E-state index contributed by atoms with van der Waals surface area (Å²) in [4.78, 5) is 9.44. The Morgan fingerprint density at radius 3 is 2.32 bits per heavy atom. The van der Waals surface area contributed by atoms with Crippen LogP contribution in [0.3, 0.4) is 0 Å². The van der Waals surface area contributed by atoms with Crippen LogP contribution in [0, 0.1) is 5.92 Å². The van der Waals surface area contributed by atoms with E-state index >= 15 is 0 Å². The standard InChI is InChI=1S/C17H37N5/c1-5-21-11-13-22(14-12-21)10-9-19-17(18)20-16(4)8-6-7-15(2)3/h15-16H,5-14H2,1-4H3,(H3,18,19,20). The molecule has 1 aliphatic rings. The highest BCUT2D eigenvalue weighted by Crippen LogP contribution is 2.08. The summed E-state index contributed by atoms with van der Waals surface area (Å²) in [5, 5.41) is 3.31. The van der Waals surface area contributed by atoms with E-state index in [2.05, 4.69) is 47.8 Å². The molecule has 1 rings (SSSR count). The van der Waals surface area contributed by atoms with Crippen LogP contribution < -0.4 is 11.1 Å². The minimum Gasteiger partial charge on any atom is -0.370 e. The number of nitrogens with zero attached hydrogens (tertiary/aromatic N) is 3. The predicted octanol–water partition coefficient (Wildman–Crippen LogP) is 1.74. The van der Waals surface area contributed by atoms with Crippen molar-refractivity contribution >= 4 is 5.96 Å². The SMILES string of the molecule is CCN1CCN(CCN=C(N)NC(C)CCCC(C)C)CC1. The Hall–Kier alpha value is -0.810. The maximum atomic E-state index is 5.98. The van der Waals surface area contributed by atoms with E-state index in [4.69, 9.17) is 5.73 Å². The smallest absolute Gasteiger partial charge is 0.188 e. The van der Waals surface area contributed by atoms with E-state index in [-0.39, 0.29) is 0 Å². The number of aliphatic imine (C=N–C) groups is 1.